The Morgan fingerprint density at radius 3 is 2.24 bits per heavy atom. The fourth-order valence-electron chi connectivity index (χ4n) is 4.64. The van der Waals surface area contributed by atoms with E-state index in [4.69, 9.17) is 4.74 Å². The summed E-state index contributed by atoms with van der Waals surface area (Å²) < 4.78 is 6.83. The average molecular weight is 499 g/mol. The van der Waals surface area contributed by atoms with Gasteiger partial charge in [-0.05, 0) is 24.3 Å². The molecule has 0 atom stereocenters. The van der Waals surface area contributed by atoms with Crippen LogP contribution in [-0.2, 0) is 4.79 Å². The number of hydrogen-bond donors (Lipinski definition) is 0. The number of carbonyl (C=O) groups excluding carboxylic acids is 1. The lowest BCUT2D eigenvalue weighted by Gasteiger charge is -2.43. The number of piperazine rings is 1. The van der Waals surface area contributed by atoms with Crippen LogP contribution in [0.1, 0.15) is 0 Å². The van der Waals surface area contributed by atoms with Crippen LogP contribution in [0.2, 0.25) is 0 Å². The molecule has 2 aliphatic heterocycles. The van der Waals surface area contributed by atoms with Crippen LogP contribution in [0.25, 0.3) is 17.1 Å². The minimum absolute atomic E-state index is 0.0305. The molecular weight excluding hydrogens is 472 g/mol. The molecule has 0 unspecified atom stereocenters. The lowest BCUT2D eigenvalue weighted by Crippen LogP contribution is -2.58. The highest BCUT2D eigenvalue weighted by atomic mass is 16.5. The van der Waals surface area contributed by atoms with E-state index < -0.39 is 0 Å². The summed E-state index contributed by atoms with van der Waals surface area (Å²) in [6.07, 6.45) is 6.16. The third-order valence-corrected chi connectivity index (χ3v) is 6.80. The third kappa shape index (κ3) is 4.65. The number of benzene rings is 1. The summed E-state index contributed by atoms with van der Waals surface area (Å²) in [5, 5.41) is 4.11. The van der Waals surface area contributed by atoms with Gasteiger partial charge in [0.25, 0.3) is 0 Å². The molecule has 0 spiro atoms. The van der Waals surface area contributed by atoms with Crippen LogP contribution < -0.4 is 14.5 Å². The van der Waals surface area contributed by atoms with Crippen molar-refractivity contribution in [1.29, 1.82) is 0 Å². The van der Waals surface area contributed by atoms with E-state index >= 15 is 0 Å². The summed E-state index contributed by atoms with van der Waals surface area (Å²) in [7, 11) is 1.65. The Hall–Kier alpha value is -4.61. The third-order valence-electron chi connectivity index (χ3n) is 6.80. The number of ether oxygens (including phenoxy) is 1. The SMILES string of the molecule is COc1ccc(-c2cc(N3CCN(C(=O)C4CN(c5cc(-n6cncn6)ncn5)C4)CC3)ncn2)cc1. The number of aromatic nitrogens is 7. The highest BCUT2D eigenvalue weighted by Crippen LogP contribution is 2.27. The molecule has 5 heterocycles. The van der Waals surface area contributed by atoms with E-state index in [1.165, 1.54) is 12.7 Å². The topological polar surface area (TPSA) is 118 Å². The normalized spacial score (nSPS) is 16.0. The van der Waals surface area contributed by atoms with Crippen LogP contribution in [-0.4, -0.2) is 91.9 Å². The van der Waals surface area contributed by atoms with Gasteiger partial charge in [0.05, 0.1) is 18.7 Å². The zero-order chi connectivity index (χ0) is 25.2. The second-order valence-corrected chi connectivity index (χ2v) is 8.98. The molecular formula is C25H26N10O2. The van der Waals surface area contributed by atoms with Gasteiger partial charge in [-0.2, -0.15) is 5.10 Å². The van der Waals surface area contributed by atoms with Crippen molar-refractivity contribution in [2.75, 3.05) is 56.2 Å². The summed E-state index contributed by atoms with van der Waals surface area (Å²) in [6.45, 7) is 4.08. The van der Waals surface area contributed by atoms with Crippen molar-refractivity contribution in [2.45, 2.75) is 0 Å². The van der Waals surface area contributed by atoms with Gasteiger partial charge in [-0.15, -0.1) is 0 Å². The lowest BCUT2D eigenvalue weighted by atomic mass is 9.98. The number of amides is 1. The van der Waals surface area contributed by atoms with Gasteiger partial charge in [0.1, 0.15) is 42.7 Å². The van der Waals surface area contributed by atoms with E-state index in [9.17, 15) is 4.79 Å². The molecule has 2 saturated heterocycles. The quantitative estimate of drug-likeness (QED) is 0.385. The smallest absolute Gasteiger partial charge is 0.229 e. The summed E-state index contributed by atoms with van der Waals surface area (Å²) in [5.74, 6) is 3.27. The van der Waals surface area contributed by atoms with Gasteiger partial charge >= 0.3 is 0 Å². The highest BCUT2D eigenvalue weighted by molar-refractivity contribution is 5.82. The molecule has 3 aromatic heterocycles. The molecule has 0 aliphatic carbocycles. The lowest BCUT2D eigenvalue weighted by molar-refractivity contribution is -0.136. The van der Waals surface area contributed by atoms with Gasteiger partial charge in [-0.3, -0.25) is 4.79 Å². The number of anilines is 2. The second-order valence-electron chi connectivity index (χ2n) is 8.98. The minimum Gasteiger partial charge on any atom is -0.497 e. The first-order chi connectivity index (χ1) is 18.2. The van der Waals surface area contributed by atoms with Crippen LogP contribution in [0, 0.1) is 5.92 Å². The molecule has 6 rings (SSSR count). The van der Waals surface area contributed by atoms with Crippen LogP contribution in [0.15, 0.2) is 61.7 Å². The number of hydrogen-bond acceptors (Lipinski definition) is 10. The number of methoxy groups -OCH3 is 1. The molecule has 37 heavy (non-hydrogen) atoms. The summed E-state index contributed by atoms with van der Waals surface area (Å²) in [6, 6.07) is 11.7. The first kappa shape index (κ1) is 22.8. The van der Waals surface area contributed by atoms with Gasteiger partial charge in [0.2, 0.25) is 5.91 Å². The summed E-state index contributed by atoms with van der Waals surface area (Å²) in [4.78, 5) is 40.9. The van der Waals surface area contributed by atoms with Gasteiger partial charge in [-0.25, -0.2) is 29.6 Å². The van der Waals surface area contributed by atoms with Crippen molar-refractivity contribution in [1.82, 2.24) is 39.6 Å². The molecule has 2 fully saturated rings. The predicted molar refractivity (Wildman–Crippen MR) is 135 cm³/mol. The van der Waals surface area contributed by atoms with Crippen LogP contribution in [0.5, 0.6) is 5.75 Å². The minimum atomic E-state index is -0.0305. The molecule has 4 aromatic rings. The first-order valence-electron chi connectivity index (χ1n) is 12.1. The van der Waals surface area contributed by atoms with Crippen molar-refractivity contribution >= 4 is 17.5 Å². The van der Waals surface area contributed by atoms with E-state index in [0.29, 0.717) is 32.0 Å². The van der Waals surface area contributed by atoms with Gasteiger partial charge in [-0.1, -0.05) is 0 Å². The zero-order valence-electron chi connectivity index (χ0n) is 20.4. The molecule has 1 amide bonds. The number of rotatable bonds is 6. The average Bonchev–Trinajstić information content (AvgIpc) is 3.48. The standard InChI is InChI=1S/C25H26N10O2/c1-37-20-4-2-18(3-5-20)21-10-22(28-15-27-21)32-6-8-33(9-7-32)25(36)19-12-34(13-19)23-11-24(30-16-29-23)35-17-26-14-31-35/h2-5,10-11,14-17,19H,6-9,12-13H2,1H3. The fraction of sp³-hybridized carbons (Fsp3) is 0.320. The monoisotopic (exact) mass is 498 g/mol. The zero-order valence-corrected chi connectivity index (χ0v) is 20.4. The number of carbonyl (C=O) groups is 1. The molecule has 1 aromatic carbocycles. The molecule has 2 aliphatic rings. The Bertz CT molecular complexity index is 1360. The molecule has 12 nitrogen and oxygen atoms in total. The Morgan fingerprint density at radius 1 is 0.838 bits per heavy atom. The Kier molecular flexibility index (Phi) is 6.05. The summed E-state index contributed by atoms with van der Waals surface area (Å²) in [5.41, 5.74) is 1.86. The molecule has 0 radical (unpaired) electrons. The predicted octanol–water partition coefficient (Wildman–Crippen LogP) is 1.31. The molecule has 0 N–H and O–H groups in total. The molecule has 12 heteroatoms. The Labute approximate surface area is 213 Å². The maximum Gasteiger partial charge on any atom is 0.229 e. The van der Waals surface area contributed by atoms with Gasteiger partial charge in [0, 0.05) is 57.0 Å². The Morgan fingerprint density at radius 2 is 1.54 bits per heavy atom. The van der Waals surface area contributed by atoms with Gasteiger partial charge in [0.15, 0.2) is 5.82 Å². The van der Waals surface area contributed by atoms with Crippen molar-refractivity contribution < 1.29 is 9.53 Å². The molecule has 188 valence electrons. The van der Waals surface area contributed by atoms with Crippen LogP contribution in [0.4, 0.5) is 11.6 Å². The fourth-order valence-corrected chi connectivity index (χ4v) is 4.64. The number of nitrogens with zero attached hydrogens (tertiary/aromatic N) is 10. The van der Waals surface area contributed by atoms with E-state index in [0.717, 1.165) is 41.7 Å². The maximum absolute atomic E-state index is 13.1. The van der Waals surface area contributed by atoms with E-state index in [1.54, 1.807) is 24.4 Å². The van der Waals surface area contributed by atoms with Crippen molar-refractivity contribution in [3.05, 3.63) is 61.7 Å². The largest absolute Gasteiger partial charge is 0.497 e. The van der Waals surface area contributed by atoms with Crippen molar-refractivity contribution in [3.63, 3.8) is 0 Å². The van der Waals surface area contributed by atoms with E-state index in [2.05, 4.69) is 39.8 Å². The van der Waals surface area contributed by atoms with E-state index in [1.807, 2.05) is 41.3 Å². The Balaban J connectivity index is 1.03. The van der Waals surface area contributed by atoms with Crippen LogP contribution in [0.3, 0.4) is 0 Å². The van der Waals surface area contributed by atoms with Crippen molar-refractivity contribution in [3.8, 4) is 22.8 Å². The maximum atomic E-state index is 13.1. The van der Waals surface area contributed by atoms with Crippen molar-refractivity contribution in [2.24, 2.45) is 5.92 Å². The van der Waals surface area contributed by atoms with Crippen LogP contribution >= 0.6 is 0 Å². The summed E-state index contributed by atoms with van der Waals surface area (Å²) >= 11 is 0. The highest BCUT2D eigenvalue weighted by Gasteiger charge is 2.37. The van der Waals surface area contributed by atoms with E-state index in [-0.39, 0.29) is 11.8 Å². The molecule has 0 bridgehead atoms. The van der Waals surface area contributed by atoms with Gasteiger partial charge < -0.3 is 19.4 Å². The molecule has 0 saturated carbocycles. The second kappa shape index (κ2) is 9.80. The first-order valence-corrected chi connectivity index (χ1v) is 12.1.